The molecule has 3 aromatic rings. The lowest BCUT2D eigenvalue weighted by atomic mass is 9.96. The third kappa shape index (κ3) is 3.66. The molecule has 4 rings (SSSR count). The molecule has 1 fully saturated rings. The lowest BCUT2D eigenvalue weighted by Crippen LogP contribution is -2.29. The number of carbonyl (C=O) groups excluding carboxylic acids is 1. The zero-order valence-electron chi connectivity index (χ0n) is 16.0. The van der Waals surface area contributed by atoms with E-state index in [0.717, 1.165) is 17.1 Å². The molecule has 0 spiro atoms. The molecule has 1 saturated heterocycles. The molecule has 3 heterocycles. The number of hydrogen-bond donors (Lipinski definition) is 1. The molecule has 0 saturated carbocycles. The number of ether oxygens (including phenoxy) is 1. The summed E-state index contributed by atoms with van der Waals surface area (Å²) in [5.74, 6) is 1.69. The first-order valence-electron chi connectivity index (χ1n) is 9.34. The van der Waals surface area contributed by atoms with Crippen molar-refractivity contribution in [1.82, 2.24) is 25.1 Å². The zero-order valence-corrected chi connectivity index (χ0v) is 16.0. The number of carbonyl (C=O) groups is 1. The maximum absolute atomic E-state index is 13.0. The average molecular weight is 377 g/mol. The predicted molar refractivity (Wildman–Crippen MR) is 105 cm³/mol. The summed E-state index contributed by atoms with van der Waals surface area (Å²) in [5.41, 5.74) is 2.45. The fourth-order valence-corrected chi connectivity index (χ4v) is 3.75. The van der Waals surface area contributed by atoms with Crippen molar-refractivity contribution >= 4 is 5.91 Å². The Morgan fingerprint density at radius 1 is 1.25 bits per heavy atom. The molecule has 0 aliphatic carbocycles. The number of pyridine rings is 1. The minimum absolute atomic E-state index is 0.0110. The zero-order chi connectivity index (χ0) is 19.5. The lowest BCUT2D eigenvalue weighted by molar-refractivity contribution is 0.0775. The van der Waals surface area contributed by atoms with Crippen molar-refractivity contribution < 1.29 is 9.53 Å². The third-order valence-corrected chi connectivity index (χ3v) is 5.14. The Bertz CT molecular complexity index is 956. The van der Waals surface area contributed by atoms with Gasteiger partial charge >= 0.3 is 0 Å². The smallest absolute Gasteiger partial charge is 0.254 e. The largest absolute Gasteiger partial charge is 0.384 e. The highest BCUT2D eigenvalue weighted by Gasteiger charge is 2.38. The lowest BCUT2D eigenvalue weighted by Gasteiger charge is -2.16. The number of hydrogen-bond acceptors (Lipinski definition) is 5. The standard InChI is InChI=1S/C21H23N5O2/c1-14-10-16(8-9-22-14)21(27)26-11-17(13-28-2)18(12-26)20-23-19(24-25-20)15-6-4-3-5-7-15/h3-10,17-18H,11-13H2,1-2H3,(H,23,24,25)/t17-,18+/m0/s1. The van der Waals surface area contributed by atoms with Crippen molar-refractivity contribution in [2.75, 3.05) is 26.8 Å². The Hall–Kier alpha value is -3.06. The van der Waals surface area contributed by atoms with E-state index in [0.29, 0.717) is 31.1 Å². The number of methoxy groups -OCH3 is 1. The van der Waals surface area contributed by atoms with Gasteiger partial charge in [-0.25, -0.2) is 4.98 Å². The molecule has 7 nitrogen and oxygen atoms in total. The van der Waals surface area contributed by atoms with Crippen LogP contribution in [0.5, 0.6) is 0 Å². The quantitative estimate of drug-likeness (QED) is 0.739. The highest BCUT2D eigenvalue weighted by atomic mass is 16.5. The molecule has 0 radical (unpaired) electrons. The van der Waals surface area contributed by atoms with Crippen LogP contribution in [0.4, 0.5) is 0 Å². The minimum atomic E-state index is 0.0110. The second-order valence-electron chi connectivity index (χ2n) is 7.13. The van der Waals surface area contributed by atoms with Gasteiger partial charge in [0.25, 0.3) is 5.91 Å². The number of likely N-dealkylation sites (tertiary alicyclic amines) is 1. The number of aryl methyl sites for hydroxylation is 1. The average Bonchev–Trinajstić information content (AvgIpc) is 3.36. The van der Waals surface area contributed by atoms with E-state index in [-0.39, 0.29) is 17.7 Å². The van der Waals surface area contributed by atoms with E-state index >= 15 is 0 Å². The number of benzene rings is 1. The highest BCUT2D eigenvalue weighted by Crippen LogP contribution is 2.32. The summed E-state index contributed by atoms with van der Waals surface area (Å²) in [7, 11) is 1.68. The molecule has 1 amide bonds. The van der Waals surface area contributed by atoms with E-state index in [1.165, 1.54) is 0 Å². The summed E-state index contributed by atoms with van der Waals surface area (Å²) in [4.78, 5) is 23.7. The summed E-state index contributed by atoms with van der Waals surface area (Å²) in [6.07, 6.45) is 1.67. The van der Waals surface area contributed by atoms with Crippen LogP contribution in [0.3, 0.4) is 0 Å². The van der Waals surface area contributed by atoms with Gasteiger partial charge < -0.3 is 9.64 Å². The van der Waals surface area contributed by atoms with Gasteiger partial charge in [-0.2, -0.15) is 5.10 Å². The maximum atomic E-state index is 13.0. The molecular formula is C21H23N5O2. The van der Waals surface area contributed by atoms with Gasteiger partial charge in [0.15, 0.2) is 5.82 Å². The van der Waals surface area contributed by atoms with Crippen LogP contribution in [0.25, 0.3) is 11.4 Å². The molecular weight excluding hydrogens is 354 g/mol. The first-order valence-corrected chi connectivity index (χ1v) is 9.34. The van der Waals surface area contributed by atoms with Crippen molar-refractivity contribution in [3.63, 3.8) is 0 Å². The molecule has 2 atom stereocenters. The first-order chi connectivity index (χ1) is 13.7. The first kappa shape index (κ1) is 18.3. The Balaban J connectivity index is 1.56. The number of rotatable bonds is 5. The molecule has 7 heteroatoms. The molecule has 1 aliphatic heterocycles. The van der Waals surface area contributed by atoms with Gasteiger partial charge in [0, 0.05) is 55.1 Å². The van der Waals surface area contributed by atoms with Gasteiger partial charge in [-0.3, -0.25) is 14.9 Å². The summed E-state index contributed by atoms with van der Waals surface area (Å²) in [6, 6.07) is 13.4. The second kappa shape index (κ2) is 7.90. The molecule has 0 unspecified atom stereocenters. The number of nitrogens with zero attached hydrogens (tertiary/aromatic N) is 4. The highest BCUT2D eigenvalue weighted by molar-refractivity contribution is 5.94. The van der Waals surface area contributed by atoms with E-state index in [1.807, 2.05) is 48.2 Å². The molecule has 0 bridgehead atoms. The van der Waals surface area contributed by atoms with Gasteiger partial charge in [-0.05, 0) is 19.1 Å². The Morgan fingerprint density at radius 2 is 2.07 bits per heavy atom. The molecule has 1 N–H and O–H groups in total. The Kier molecular flexibility index (Phi) is 5.16. The van der Waals surface area contributed by atoms with Crippen LogP contribution in [0.2, 0.25) is 0 Å². The SMILES string of the molecule is COC[C@@H]1CN(C(=O)c2ccnc(C)c2)C[C@H]1c1nc(-c2ccccc2)n[nH]1. The van der Waals surface area contributed by atoms with Crippen LogP contribution in [0.1, 0.15) is 27.8 Å². The molecule has 28 heavy (non-hydrogen) atoms. The van der Waals surface area contributed by atoms with Crippen molar-refractivity contribution in [1.29, 1.82) is 0 Å². The van der Waals surface area contributed by atoms with E-state index in [1.54, 1.807) is 19.4 Å². The second-order valence-corrected chi connectivity index (χ2v) is 7.13. The van der Waals surface area contributed by atoms with E-state index in [9.17, 15) is 4.79 Å². The van der Waals surface area contributed by atoms with Gasteiger partial charge in [0.2, 0.25) is 0 Å². The minimum Gasteiger partial charge on any atom is -0.384 e. The molecule has 2 aromatic heterocycles. The number of amides is 1. The summed E-state index contributed by atoms with van der Waals surface area (Å²) >= 11 is 0. The van der Waals surface area contributed by atoms with Crippen molar-refractivity contribution in [2.45, 2.75) is 12.8 Å². The fourth-order valence-electron chi connectivity index (χ4n) is 3.75. The van der Waals surface area contributed by atoms with E-state index in [2.05, 4.69) is 15.2 Å². The van der Waals surface area contributed by atoms with Crippen molar-refractivity contribution in [2.24, 2.45) is 5.92 Å². The van der Waals surface area contributed by atoms with Crippen LogP contribution in [0.15, 0.2) is 48.7 Å². The Morgan fingerprint density at radius 3 is 2.82 bits per heavy atom. The van der Waals surface area contributed by atoms with Crippen molar-refractivity contribution in [3.8, 4) is 11.4 Å². The van der Waals surface area contributed by atoms with Crippen LogP contribution in [0, 0.1) is 12.8 Å². The summed E-state index contributed by atoms with van der Waals surface area (Å²) < 4.78 is 5.41. The van der Waals surface area contributed by atoms with Crippen LogP contribution in [-0.2, 0) is 4.74 Å². The van der Waals surface area contributed by atoms with Crippen molar-refractivity contribution in [3.05, 3.63) is 65.7 Å². The van der Waals surface area contributed by atoms with Gasteiger partial charge in [-0.15, -0.1) is 0 Å². The number of aromatic nitrogens is 4. The van der Waals surface area contributed by atoms with Gasteiger partial charge in [0.05, 0.1) is 6.61 Å². The predicted octanol–water partition coefficient (Wildman–Crippen LogP) is 2.68. The fraction of sp³-hybridized carbons (Fsp3) is 0.333. The van der Waals surface area contributed by atoms with Gasteiger partial charge in [0.1, 0.15) is 5.82 Å². The Labute approximate surface area is 163 Å². The number of H-pyrrole nitrogens is 1. The summed E-state index contributed by atoms with van der Waals surface area (Å²) in [5, 5.41) is 7.45. The van der Waals surface area contributed by atoms with Crippen LogP contribution >= 0.6 is 0 Å². The maximum Gasteiger partial charge on any atom is 0.254 e. The third-order valence-electron chi connectivity index (χ3n) is 5.14. The van der Waals surface area contributed by atoms with Gasteiger partial charge in [-0.1, -0.05) is 30.3 Å². The van der Waals surface area contributed by atoms with Crippen LogP contribution < -0.4 is 0 Å². The molecule has 1 aromatic carbocycles. The number of aromatic amines is 1. The van der Waals surface area contributed by atoms with E-state index < -0.39 is 0 Å². The number of nitrogens with one attached hydrogen (secondary N) is 1. The van der Waals surface area contributed by atoms with Crippen LogP contribution in [-0.4, -0.2) is 57.8 Å². The summed E-state index contributed by atoms with van der Waals surface area (Å²) in [6.45, 7) is 3.65. The molecule has 144 valence electrons. The topological polar surface area (TPSA) is 84.0 Å². The van der Waals surface area contributed by atoms with E-state index in [4.69, 9.17) is 9.72 Å². The normalized spacial score (nSPS) is 19.1. The monoisotopic (exact) mass is 377 g/mol. The molecule has 1 aliphatic rings.